The molecule has 4 nitrogen and oxygen atoms in total. The zero-order chi connectivity index (χ0) is 14.1. The van der Waals surface area contributed by atoms with E-state index in [9.17, 15) is 9.18 Å². The Labute approximate surface area is 113 Å². The van der Waals surface area contributed by atoms with Crippen molar-refractivity contribution in [3.05, 3.63) is 70.0 Å². The lowest BCUT2D eigenvalue weighted by molar-refractivity contribution is 0.282. The molecule has 1 N–H and O–H groups in total. The van der Waals surface area contributed by atoms with Gasteiger partial charge in [-0.2, -0.15) is 0 Å². The lowest BCUT2D eigenvalue weighted by atomic mass is 10.2. The first-order valence-electron chi connectivity index (χ1n) is 6.15. The second-order valence-corrected chi connectivity index (χ2v) is 4.54. The minimum atomic E-state index is -0.473. The molecular formula is C15H12FNO3. The van der Waals surface area contributed by atoms with Crippen molar-refractivity contribution in [1.82, 2.24) is 4.57 Å². The van der Waals surface area contributed by atoms with Crippen molar-refractivity contribution in [3.8, 4) is 0 Å². The van der Waals surface area contributed by atoms with Crippen molar-refractivity contribution in [2.45, 2.75) is 13.2 Å². The molecule has 0 aliphatic heterocycles. The largest absolute Gasteiger partial charge is 0.420 e. The van der Waals surface area contributed by atoms with Gasteiger partial charge in [-0.3, -0.25) is 4.57 Å². The van der Waals surface area contributed by atoms with Crippen LogP contribution in [0.25, 0.3) is 11.1 Å². The predicted octanol–water partition coefficient (Wildman–Crippen LogP) is 2.27. The van der Waals surface area contributed by atoms with Crippen LogP contribution in [0, 0.1) is 5.82 Å². The zero-order valence-corrected chi connectivity index (χ0v) is 10.5. The van der Waals surface area contributed by atoms with Crippen LogP contribution in [0.3, 0.4) is 0 Å². The van der Waals surface area contributed by atoms with Crippen molar-refractivity contribution in [1.29, 1.82) is 0 Å². The molecule has 0 atom stereocenters. The summed E-state index contributed by atoms with van der Waals surface area (Å²) in [5, 5.41) is 9.16. The van der Waals surface area contributed by atoms with Crippen LogP contribution < -0.4 is 5.76 Å². The first-order valence-corrected chi connectivity index (χ1v) is 6.15. The molecule has 5 heteroatoms. The number of oxazole rings is 1. The van der Waals surface area contributed by atoms with Crippen LogP contribution in [-0.2, 0) is 13.2 Å². The number of aliphatic hydroxyl groups is 1. The molecule has 3 aromatic rings. The summed E-state index contributed by atoms with van der Waals surface area (Å²) in [4.78, 5) is 11.9. The van der Waals surface area contributed by atoms with Crippen molar-refractivity contribution in [2.24, 2.45) is 0 Å². The van der Waals surface area contributed by atoms with Gasteiger partial charge in [-0.15, -0.1) is 0 Å². The summed E-state index contributed by atoms with van der Waals surface area (Å²) in [6, 6.07) is 11.0. The molecule has 0 aliphatic rings. The number of nitrogens with zero attached hydrogens (tertiary/aromatic N) is 1. The van der Waals surface area contributed by atoms with E-state index < -0.39 is 5.76 Å². The first-order chi connectivity index (χ1) is 9.67. The number of aliphatic hydroxyl groups excluding tert-OH is 1. The van der Waals surface area contributed by atoms with Gasteiger partial charge < -0.3 is 9.52 Å². The fourth-order valence-corrected chi connectivity index (χ4v) is 2.13. The Morgan fingerprint density at radius 2 is 1.80 bits per heavy atom. The van der Waals surface area contributed by atoms with Crippen LogP contribution >= 0.6 is 0 Å². The second kappa shape index (κ2) is 4.94. The van der Waals surface area contributed by atoms with Crippen molar-refractivity contribution >= 4 is 11.1 Å². The number of hydrogen-bond donors (Lipinski definition) is 1. The molecule has 0 bridgehead atoms. The van der Waals surface area contributed by atoms with Crippen molar-refractivity contribution in [2.75, 3.05) is 0 Å². The van der Waals surface area contributed by atoms with Gasteiger partial charge in [0.05, 0.1) is 18.7 Å². The molecule has 0 saturated carbocycles. The Hall–Kier alpha value is -2.40. The highest BCUT2D eigenvalue weighted by atomic mass is 19.1. The molecule has 3 rings (SSSR count). The molecule has 0 unspecified atom stereocenters. The molecule has 0 aliphatic carbocycles. The Bertz CT molecular complexity index is 802. The van der Waals surface area contributed by atoms with Crippen LogP contribution in [0.2, 0.25) is 0 Å². The van der Waals surface area contributed by atoms with E-state index in [4.69, 9.17) is 9.52 Å². The van der Waals surface area contributed by atoms with Gasteiger partial charge in [-0.25, -0.2) is 9.18 Å². The molecule has 2 aromatic carbocycles. The van der Waals surface area contributed by atoms with Crippen LogP contribution in [-0.4, -0.2) is 9.67 Å². The number of rotatable bonds is 3. The van der Waals surface area contributed by atoms with E-state index in [-0.39, 0.29) is 12.4 Å². The maximum Gasteiger partial charge on any atom is 0.420 e. The minimum absolute atomic E-state index is 0.105. The highest BCUT2D eigenvalue weighted by Gasteiger charge is 2.10. The number of hydrogen-bond acceptors (Lipinski definition) is 3. The van der Waals surface area contributed by atoms with Crippen molar-refractivity contribution < 1.29 is 13.9 Å². The van der Waals surface area contributed by atoms with Crippen LogP contribution in [0.4, 0.5) is 4.39 Å². The number of fused-ring (bicyclic) bond motifs is 1. The third-order valence-electron chi connectivity index (χ3n) is 3.17. The lowest BCUT2D eigenvalue weighted by Crippen LogP contribution is -2.14. The average molecular weight is 273 g/mol. The zero-order valence-electron chi connectivity index (χ0n) is 10.5. The highest BCUT2D eigenvalue weighted by Crippen LogP contribution is 2.16. The monoisotopic (exact) mass is 273 g/mol. The second-order valence-electron chi connectivity index (χ2n) is 4.54. The SMILES string of the molecule is O=c1oc2ccc(CO)cc2n1Cc1ccc(F)cc1. The minimum Gasteiger partial charge on any atom is -0.408 e. The fourth-order valence-electron chi connectivity index (χ4n) is 2.13. The third-order valence-corrected chi connectivity index (χ3v) is 3.17. The quantitative estimate of drug-likeness (QED) is 0.796. The summed E-state index contributed by atoms with van der Waals surface area (Å²) >= 11 is 0. The Kier molecular flexibility index (Phi) is 3.12. The third kappa shape index (κ3) is 2.23. The predicted molar refractivity (Wildman–Crippen MR) is 71.9 cm³/mol. The molecule has 1 heterocycles. The number of halogens is 1. The van der Waals surface area contributed by atoms with E-state index in [2.05, 4.69) is 0 Å². The standard InChI is InChI=1S/C15H12FNO3/c16-12-4-1-10(2-5-12)8-17-13-7-11(9-18)3-6-14(13)20-15(17)19/h1-7,18H,8-9H2. The van der Waals surface area contributed by atoms with E-state index in [1.807, 2.05) is 0 Å². The Morgan fingerprint density at radius 1 is 1.10 bits per heavy atom. The molecule has 0 amide bonds. The molecule has 0 spiro atoms. The summed E-state index contributed by atoms with van der Waals surface area (Å²) in [6.45, 7) is 0.187. The normalized spacial score (nSPS) is 11.1. The summed E-state index contributed by atoms with van der Waals surface area (Å²) in [7, 11) is 0. The summed E-state index contributed by atoms with van der Waals surface area (Å²) < 4.78 is 19.5. The molecular weight excluding hydrogens is 261 g/mol. The number of aromatic nitrogens is 1. The number of benzene rings is 2. The van der Waals surface area contributed by atoms with Gasteiger partial charge >= 0.3 is 5.76 Å². The van der Waals surface area contributed by atoms with Gasteiger partial charge in [0.15, 0.2) is 5.58 Å². The summed E-state index contributed by atoms with van der Waals surface area (Å²) in [5.74, 6) is -0.792. The molecule has 102 valence electrons. The van der Waals surface area contributed by atoms with Crippen LogP contribution in [0.15, 0.2) is 51.7 Å². The first kappa shape index (κ1) is 12.6. The Morgan fingerprint density at radius 3 is 2.50 bits per heavy atom. The van der Waals surface area contributed by atoms with Gasteiger partial charge in [0.25, 0.3) is 0 Å². The maximum atomic E-state index is 12.9. The Balaban J connectivity index is 2.08. The molecule has 0 fully saturated rings. The summed E-state index contributed by atoms with van der Waals surface area (Å²) in [5.41, 5.74) is 2.58. The van der Waals surface area contributed by atoms with Gasteiger partial charge in [-0.1, -0.05) is 18.2 Å². The highest BCUT2D eigenvalue weighted by molar-refractivity contribution is 5.73. The van der Waals surface area contributed by atoms with Crippen LogP contribution in [0.5, 0.6) is 0 Å². The van der Waals surface area contributed by atoms with Crippen LogP contribution in [0.1, 0.15) is 11.1 Å². The van der Waals surface area contributed by atoms with E-state index in [0.717, 1.165) is 5.56 Å². The maximum absolute atomic E-state index is 12.9. The topological polar surface area (TPSA) is 55.4 Å². The fraction of sp³-hybridized carbons (Fsp3) is 0.133. The van der Waals surface area contributed by atoms with E-state index in [1.54, 1.807) is 30.3 Å². The van der Waals surface area contributed by atoms with Gasteiger partial charge in [0, 0.05) is 0 Å². The van der Waals surface area contributed by atoms with Gasteiger partial charge in [0.2, 0.25) is 0 Å². The van der Waals surface area contributed by atoms with Gasteiger partial charge in [-0.05, 0) is 35.4 Å². The molecule has 0 saturated heterocycles. The van der Waals surface area contributed by atoms with E-state index >= 15 is 0 Å². The molecule has 1 aromatic heterocycles. The molecule has 20 heavy (non-hydrogen) atoms. The van der Waals surface area contributed by atoms with Gasteiger partial charge in [0.1, 0.15) is 5.82 Å². The molecule has 0 radical (unpaired) electrons. The lowest BCUT2D eigenvalue weighted by Gasteiger charge is -2.03. The van der Waals surface area contributed by atoms with E-state index in [1.165, 1.54) is 16.7 Å². The summed E-state index contributed by atoms with van der Waals surface area (Å²) in [6.07, 6.45) is 0. The average Bonchev–Trinajstić information content (AvgIpc) is 2.77. The van der Waals surface area contributed by atoms with E-state index in [0.29, 0.717) is 23.2 Å². The smallest absolute Gasteiger partial charge is 0.408 e. The van der Waals surface area contributed by atoms with Crippen molar-refractivity contribution in [3.63, 3.8) is 0 Å².